The van der Waals surface area contributed by atoms with Gasteiger partial charge in [0.05, 0.1) is 0 Å². The lowest BCUT2D eigenvalue weighted by Gasteiger charge is -2.38. The largest absolute Gasteiger partial charge is 0.508 e. The lowest BCUT2D eigenvalue weighted by molar-refractivity contribution is -0.130. The molecule has 5 heteroatoms. The van der Waals surface area contributed by atoms with Crippen LogP contribution < -0.4 is 0 Å². The number of phenols is 1. The summed E-state index contributed by atoms with van der Waals surface area (Å²) < 4.78 is 0. The molecule has 1 N–H and O–H groups in total. The molecule has 1 aliphatic rings. The van der Waals surface area contributed by atoms with Gasteiger partial charge in [-0.3, -0.25) is 9.69 Å². The summed E-state index contributed by atoms with van der Waals surface area (Å²) in [6, 6.07) is 5.20. The van der Waals surface area contributed by atoms with Crippen molar-refractivity contribution < 1.29 is 9.90 Å². The first kappa shape index (κ1) is 14.2. The Hall–Kier alpha value is -1.26. The average Bonchev–Trinajstić information content (AvgIpc) is 2.41. The zero-order chi connectivity index (χ0) is 14.0. The highest BCUT2D eigenvalue weighted by Crippen LogP contribution is 2.31. The summed E-state index contributed by atoms with van der Waals surface area (Å²) in [7, 11) is 0. The fraction of sp³-hybridized carbons (Fsp3) is 0.500. The van der Waals surface area contributed by atoms with Crippen LogP contribution in [0, 0.1) is 0 Å². The van der Waals surface area contributed by atoms with E-state index in [0.29, 0.717) is 5.02 Å². The third kappa shape index (κ3) is 3.19. The first-order valence-corrected chi connectivity index (χ1v) is 6.85. The number of aromatic hydroxyl groups is 1. The number of hydrogen-bond acceptors (Lipinski definition) is 3. The second kappa shape index (κ2) is 5.80. The van der Waals surface area contributed by atoms with E-state index >= 15 is 0 Å². The Morgan fingerprint density at radius 1 is 1.32 bits per heavy atom. The molecular formula is C14H19ClN2O2. The van der Waals surface area contributed by atoms with E-state index < -0.39 is 0 Å². The molecule has 1 fully saturated rings. The van der Waals surface area contributed by atoms with E-state index in [1.54, 1.807) is 25.1 Å². The number of phenolic OH excluding ortho intramolecular Hbond substituents is 1. The monoisotopic (exact) mass is 282 g/mol. The molecule has 1 unspecified atom stereocenters. The first-order valence-electron chi connectivity index (χ1n) is 6.47. The Balaban J connectivity index is 2.07. The number of amides is 1. The molecule has 0 radical (unpaired) electrons. The molecule has 1 amide bonds. The zero-order valence-corrected chi connectivity index (χ0v) is 12.0. The van der Waals surface area contributed by atoms with E-state index in [4.69, 9.17) is 11.6 Å². The van der Waals surface area contributed by atoms with Crippen molar-refractivity contribution in [3.63, 3.8) is 0 Å². The van der Waals surface area contributed by atoms with Crippen LogP contribution in [-0.4, -0.2) is 47.0 Å². The molecule has 104 valence electrons. The molecule has 0 aliphatic carbocycles. The smallest absolute Gasteiger partial charge is 0.219 e. The number of carbonyl (C=O) groups is 1. The number of hydrogen-bond donors (Lipinski definition) is 1. The highest BCUT2D eigenvalue weighted by Gasteiger charge is 2.24. The lowest BCUT2D eigenvalue weighted by Crippen LogP contribution is -2.48. The first-order chi connectivity index (χ1) is 8.99. The van der Waals surface area contributed by atoms with Crippen LogP contribution in [0.3, 0.4) is 0 Å². The highest BCUT2D eigenvalue weighted by molar-refractivity contribution is 6.30. The van der Waals surface area contributed by atoms with E-state index in [2.05, 4.69) is 11.8 Å². The van der Waals surface area contributed by atoms with Gasteiger partial charge < -0.3 is 10.0 Å². The standard InChI is InChI=1S/C14H19ClN2O2/c1-10(13-9-12(15)3-4-14(13)19)16-5-7-17(8-6-16)11(2)18/h3-4,9-10,19H,5-8H2,1-2H3. The van der Waals surface area contributed by atoms with Crippen LogP contribution in [0.15, 0.2) is 18.2 Å². The van der Waals surface area contributed by atoms with Crippen molar-refractivity contribution in [3.05, 3.63) is 28.8 Å². The average molecular weight is 283 g/mol. The molecule has 2 rings (SSSR count). The van der Waals surface area contributed by atoms with Gasteiger partial charge in [-0.05, 0) is 25.1 Å². The molecule has 0 spiro atoms. The van der Waals surface area contributed by atoms with Crippen LogP contribution in [0.5, 0.6) is 5.75 Å². The van der Waals surface area contributed by atoms with E-state index in [1.165, 1.54) is 0 Å². The summed E-state index contributed by atoms with van der Waals surface area (Å²) in [6.45, 7) is 6.75. The minimum Gasteiger partial charge on any atom is -0.508 e. The molecule has 1 aromatic carbocycles. The Labute approximate surface area is 118 Å². The van der Waals surface area contributed by atoms with E-state index in [-0.39, 0.29) is 17.7 Å². The van der Waals surface area contributed by atoms with Crippen molar-refractivity contribution in [2.45, 2.75) is 19.9 Å². The molecule has 1 atom stereocenters. The van der Waals surface area contributed by atoms with Gasteiger partial charge in [-0.1, -0.05) is 11.6 Å². The second-order valence-electron chi connectivity index (χ2n) is 4.92. The molecule has 1 saturated heterocycles. The molecule has 19 heavy (non-hydrogen) atoms. The molecule has 1 aliphatic heterocycles. The summed E-state index contributed by atoms with van der Waals surface area (Å²) >= 11 is 5.98. The summed E-state index contributed by atoms with van der Waals surface area (Å²) in [6.07, 6.45) is 0. The summed E-state index contributed by atoms with van der Waals surface area (Å²) in [5.74, 6) is 0.392. The molecule has 4 nitrogen and oxygen atoms in total. The molecule has 1 aromatic rings. The topological polar surface area (TPSA) is 43.8 Å². The third-order valence-electron chi connectivity index (χ3n) is 3.75. The van der Waals surface area contributed by atoms with Gasteiger partial charge in [0.25, 0.3) is 0 Å². The van der Waals surface area contributed by atoms with Gasteiger partial charge in [0.1, 0.15) is 5.75 Å². The molecule has 0 saturated carbocycles. The number of nitrogens with zero attached hydrogens (tertiary/aromatic N) is 2. The highest BCUT2D eigenvalue weighted by atomic mass is 35.5. The van der Waals surface area contributed by atoms with Crippen molar-refractivity contribution in [3.8, 4) is 5.75 Å². The normalized spacial score (nSPS) is 18.4. The molecule has 0 bridgehead atoms. The van der Waals surface area contributed by atoms with Gasteiger partial charge in [0.15, 0.2) is 0 Å². The maximum absolute atomic E-state index is 11.3. The van der Waals surface area contributed by atoms with Crippen LogP contribution in [0.1, 0.15) is 25.5 Å². The maximum Gasteiger partial charge on any atom is 0.219 e. The molecule has 1 heterocycles. The lowest BCUT2D eigenvalue weighted by atomic mass is 10.0. The van der Waals surface area contributed by atoms with E-state index in [0.717, 1.165) is 31.7 Å². The van der Waals surface area contributed by atoms with Gasteiger partial charge in [-0.2, -0.15) is 0 Å². The number of halogens is 1. The minimum atomic E-state index is 0.0906. The number of rotatable bonds is 2. The van der Waals surface area contributed by atoms with Gasteiger partial charge in [-0.15, -0.1) is 0 Å². The Morgan fingerprint density at radius 2 is 1.95 bits per heavy atom. The third-order valence-corrected chi connectivity index (χ3v) is 3.98. The van der Waals surface area contributed by atoms with Gasteiger partial charge >= 0.3 is 0 Å². The summed E-state index contributed by atoms with van der Waals surface area (Å²) in [5.41, 5.74) is 0.837. The fourth-order valence-electron chi connectivity index (χ4n) is 2.48. The summed E-state index contributed by atoms with van der Waals surface area (Å²) in [4.78, 5) is 15.4. The van der Waals surface area contributed by atoms with Gasteiger partial charge in [-0.25, -0.2) is 0 Å². The Kier molecular flexibility index (Phi) is 4.32. The Bertz CT molecular complexity index is 471. The quantitative estimate of drug-likeness (QED) is 0.905. The van der Waals surface area contributed by atoms with Crippen molar-refractivity contribution in [2.75, 3.05) is 26.2 Å². The number of benzene rings is 1. The van der Waals surface area contributed by atoms with Crippen LogP contribution in [0.25, 0.3) is 0 Å². The predicted octanol–water partition coefficient (Wildman–Crippen LogP) is 2.27. The van der Waals surface area contributed by atoms with Crippen molar-refractivity contribution in [2.24, 2.45) is 0 Å². The van der Waals surface area contributed by atoms with Gasteiger partial charge in [0, 0.05) is 49.7 Å². The Morgan fingerprint density at radius 3 is 2.53 bits per heavy atom. The van der Waals surface area contributed by atoms with Crippen LogP contribution in [0.4, 0.5) is 0 Å². The van der Waals surface area contributed by atoms with E-state index in [1.807, 2.05) is 4.90 Å². The van der Waals surface area contributed by atoms with Crippen molar-refractivity contribution in [1.82, 2.24) is 9.80 Å². The zero-order valence-electron chi connectivity index (χ0n) is 11.3. The summed E-state index contributed by atoms with van der Waals surface area (Å²) in [5, 5.41) is 10.6. The molecule has 0 aromatic heterocycles. The maximum atomic E-state index is 11.3. The van der Waals surface area contributed by atoms with E-state index in [9.17, 15) is 9.90 Å². The van der Waals surface area contributed by atoms with Crippen molar-refractivity contribution in [1.29, 1.82) is 0 Å². The predicted molar refractivity (Wildman–Crippen MR) is 75.4 cm³/mol. The van der Waals surface area contributed by atoms with Crippen LogP contribution in [0.2, 0.25) is 5.02 Å². The van der Waals surface area contributed by atoms with Crippen LogP contribution >= 0.6 is 11.6 Å². The fourth-order valence-corrected chi connectivity index (χ4v) is 2.66. The minimum absolute atomic E-state index is 0.0906. The van der Waals surface area contributed by atoms with Crippen molar-refractivity contribution >= 4 is 17.5 Å². The van der Waals surface area contributed by atoms with Gasteiger partial charge in [0.2, 0.25) is 5.91 Å². The number of piperazine rings is 1. The SMILES string of the molecule is CC(=O)N1CCN(C(C)c2cc(Cl)ccc2O)CC1. The van der Waals surface area contributed by atoms with Crippen LogP contribution in [-0.2, 0) is 4.79 Å². The second-order valence-corrected chi connectivity index (χ2v) is 5.36. The number of carbonyl (C=O) groups excluding carboxylic acids is 1. The molecular weight excluding hydrogens is 264 g/mol.